The number of aldehydes is 1. The Morgan fingerprint density at radius 3 is 2.68 bits per heavy atom. The monoisotopic (exact) mass is 388 g/mol. The molecule has 0 aliphatic carbocycles. The largest absolute Gasteiger partial charge is 0.451 e. The summed E-state index contributed by atoms with van der Waals surface area (Å²) in [7, 11) is 0. The van der Waals surface area contributed by atoms with E-state index < -0.39 is 24.2 Å². The molecule has 2 aromatic heterocycles. The SMILES string of the molecule is O=CCN1C(=O)c2nn(-c3cccnc3)cc2Oc2ccc(C(F)(F)F)cc21. The molecular weight excluding hydrogens is 377 g/mol. The highest BCUT2D eigenvalue weighted by Crippen LogP contribution is 2.42. The van der Waals surface area contributed by atoms with Crippen molar-refractivity contribution in [1.29, 1.82) is 0 Å². The number of alkyl halides is 3. The standard InChI is InChI=1S/C18H11F3N4O3/c19-18(20,21)11-3-4-14-13(8-11)24(6-7-26)17(27)16-15(28-14)10-25(23-16)12-2-1-5-22-9-12/h1-5,7-10H,6H2. The van der Waals surface area contributed by atoms with Crippen LogP contribution in [0.3, 0.4) is 0 Å². The van der Waals surface area contributed by atoms with Crippen molar-refractivity contribution < 1.29 is 27.5 Å². The van der Waals surface area contributed by atoms with Crippen molar-refractivity contribution in [3.05, 3.63) is 60.2 Å². The summed E-state index contributed by atoms with van der Waals surface area (Å²) in [6, 6.07) is 6.12. The number of pyridine rings is 1. The molecule has 0 saturated heterocycles. The van der Waals surface area contributed by atoms with Gasteiger partial charge in [-0.3, -0.25) is 14.7 Å². The molecule has 0 unspecified atom stereocenters. The first kappa shape index (κ1) is 17.7. The molecule has 0 bridgehead atoms. The maximum atomic E-state index is 13.1. The molecule has 0 saturated carbocycles. The minimum Gasteiger partial charge on any atom is -0.451 e. The summed E-state index contributed by atoms with van der Waals surface area (Å²) in [5.41, 5.74) is -0.687. The van der Waals surface area contributed by atoms with Crippen LogP contribution in [0.4, 0.5) is 18.9 Å². The fourth-order valence-electron chi connectivity index (χ4n) is 2.80. The highest BCUT2D eigenvalue weighted by molar-refractivity contribution is 6.09. The number of fused-ring (bicyclic) bond motifs is 2. The molecule has 1 aliphatic rings. The first-order valence-electron chi connectivity index (χ1n) is 8.03. The molecule has 0 atom stereocenters. The van der Waals surface area contributed by atoms with Crippen LogP contribution in [0, 0.1) is 0 Å². The van der Waals surface area contributed by atoms with Gasteiger partial charge in [-0.2, -0.15) is 18.3 Å². The van der Waals surface area contributed by atoms with Gasteiger partial charge in [-0.05, 0) is 30.3 Å². The van der Waals surface area contributed by atoms with E-state index in [1.54, 1.807) is 18.3 Å². The van der Waals surface area contributed by atoms with Crippen molar-refractivity contribution in [2.24, 2.45) is 0 Å². The Morgan fingerprint density at radius 1 is 1.18 bits per heavy atom. The van der Waals surface area contributed by atoms with Crippen LogP contribution >= 0.6 is 0 Å². The Morgan fingerprint density at radius 2 is 2.00 bits per heavy atom. The molecule has 0 spiro atoms. The minimum atomic E-state index is -4.61. The first-order valence-corrected chi connectivity index (χ1v) is 8.03. The van der Waals surface area contributed by atoms with E-state index in [0.717, 1.165) is 23.1 Å². The van der Waals surface area contributed by atoms with Crippen molar-refractivity contribution in [1.82, 2.24) is 14.8 Å². The normalized spacial score (nSPS) is 13.4. The second kappa shape index (κ2) is 6.48. The van der Waals surface area contributed by atoms with Gasteiger partial charge < -0.3 is 9.53 Å². The van der Waals surface area contributed by atoms with Gasteiger partial charge in [0, 0.05) is 6.20 Å². The zero-order chi connectivity index (χ0) is 19.9. The molecule has 10 heteroatoms. The summed E-state index contributed by atoms with van der Waals surface area (Å²) < 4.78 is 46.3. The summed E-state index contributed by atoms with van der Waals surface area (Å²) in [5.74, 6) is -0.682. The maximum Gasteiger partial charge on any atom is 0.416 e. The lowest BCUT2D eigenvalue weighted by Crippen LogP contribution is -2.32. The molecular formula is C18H11F3N4O3. The third kappa shape index (κ3) is 2.98. The molecule has 1 aromatic carbocycles. The number of ether oxygens (including phenoxy) is 1. The summed E-state index contributed by atoms with van der Waals surface area (Å²) >= 11 is 0. The lowest BCUT2D eigenvalue weighted by atomic mass is 10.1. The van der Waals surface area contributed by atoms with E-state index in [-0.39, 0.29) is 22.9 Å². The molecule has 3 aromatic rings. The number of amides is 1. The second-order valence-corrected chi connectivity index (χ2v) is 5.86. The van der Waals surface area contributed by atoms with Gasteiger partial charge in [0.15, 0.2) is 17.2 Å². The number of halogens is 3. The summed E-state index contributed by atoms with van der Waals surface area (Å²) in [6.07, 6.45) is 0.325. The van der Waals surface area contributed by atoms with E-state index in [0.29, 0.717) is 12.0 Å². The highest BCUT2D eigenvalue weighted by Gasteiger charge is 2.36. The van der Waals surface area contributed by atoms with Crippen molar-refractivity contribution >= 4 is 17.9 Å². The topological polar surface area (TPSA) is 77.3 Å². The maximum absolute atomic E-state index is 13.1. The highest BCUT2D eigenvalue weighted by atomic mass is 19.4. The number of carbonyl (C=O) groups is 2. The lowest BCUT2D eigenvalue weighted by molar-refractivity contribution is -0.137. The number of aromatic nitrogens is 3. The van der Waals surface area contributed by atoms with Gasteiger partial charge in [0.1, 0.15) is 6.29 Å². The van der Waals surface area contributed by atoms with Crippen LogP contribution in [-0.4, -0.2) is 33.5 Å². The van der Waals surface area contributed by atoms with Gasteiger partial charge in [0.25, 0.3) is 5.91 Å². The van der Waals surface area contributed by atoms with E-state index in [9.17, 15) is 22.8 Å². The average molecular weight is 388 g/mol. The average Bonchev–Trinajstić information content (AvgIpc) is 3.06. The Balaban J connectivity index is 1.85. The van der Waals surface area contributed by atoms with Crippen molar-refractivity contribution in [3.8, 4) is 17.2 Å². The number of hydrogen-bond acceptors (Lipinski definition) is 5. The van der Waals surface area contributed by atoms with E-state index in [1.165, 1.54) is 17.1 Å². The van der Waals surface area contributed by atoms with E-state index in [2.05, 4.69) is 10.1 Å². The molecule has 142 valence electrons. The first-order chi connectivity index (χ1) is 13.4. The van der Waals surface area contributed by atoms with Crippen molar-refractivity contribution in [3.63, 3.8) is 0 Å². The fraction of sp³-hybridized carbons (Fsp3) is 0.111. The van der Waals surface area contributed by atoms with Crippen LogP contribution in [0.2, 0.25) is 0 Å². The quantitative estimate of drug-likeness (QED) is 0.644. The van der Waals surface area contributed by atoms with Crippen LogP contribution in [0.1, 0.15) is 16.1 Å². The second-order valence-electron chi connectivity index (χ2n) is 5.86. The minimum absolute atomic E-state index is 0.00712. The molecule has 7 nitrogen and oxygen atoms in total. The Kier molecular flexibility index (Phi) is 4.10. The van der Waals surface area contributed by atoms with Gasteiger partial charge in [-0.25, -0.2) is 4.68 Å². The lowest BCUT2D eigenvalue weighted by Gasteiger charge is -2.20. The van der Waals surface area contributed by atoms with Crippen LogP contribution in [0.5, 0.6) is 11.5 Å². The van der Waals surface area contributed by atoms with Crippen LogP contribution in [-0.2, 0) is 11.0 Å². The number of benzene rings is 1. The smallest absolute Gasteiger partial charge is 0.416 e. The zero-order valence-corrected chi connectivity index (χ0v) is 14.1. The molecule has 4 rings (SSSR count). The van der Waals surface area contributed by atoms with Crippen LogP contribution < -0.4 is 9.64 Å². The number of hydrogen-bond donors (Lipinski definition) is 0. The number of rotatable bonds is 3. The summed E-state index contributed by atoms with van der Waals surface area (Å²) in [6.45, 7) is -0.449. The Hall–Kier alpha value is -3.69. The molecule has 0 radical (unpaired) electrons. The number of carbonyl (C=O) groups excluding carboxylic acids is 2. The van der Waals surface area contributed by atoms with Gasteiger partial charge in [-0.1, -0.05) is 0 Å². The van der Waals surface area contributed by atoms with Gasteiger partial charge in [0.2, 0.25) is 0 Å². The van der Waals surface area contributed by atoms with Gasteiger partial charge in [-0.15, -0.1) is 0 Å². The van der Waals surface area contributed by atoms with Crippen molar-refractivity contribution in [2.45, 2.75) is 6.18 Å². The molecule has 3 heterocycles. The van der Waals surface area contributed by atoms with E-state index in [1.807, 2.05) is 0 Å². The van der Waals surface area contributed by atoms with Gasteiger partial charge >= 0.3 is 6.18 Å². The molecule has 1 aliphatic heterocycles. The predicted octanol–water partition coefficient (Wildman–Crippen LogP) is 3.24. The van der Waals surface area contributed by atoms with E-state index in [4.69, 9.17) is 4.74 Å². The number of nitrogens with zero attached hydrogens (tertiary/aromatic N) is 4. The summed E-state index contributed by atoms with van der Waals surface area (Å²) in [4.78, 5) is 28.9. The third-order valence-electron chi connectivity index (χ3n) is 4.09. The zero-order valence-electron chi connectivity index (χ0n) is 14.1. The molecule has 0 N–H and O–H groups in total. The Labute approximate surface area is 156 Å². The summed E-state index contributed by atoms with van der Waals surface area (Å²) in [5, 5.41) is 4.17. The van der Waals surface area contributed by atoms with Crippen LogP contribution in [0.25, 0.3) is 5.69 Å². The predicted molar refractivity (Wildman–Crippen MR) is 90.6 cm³/mol. The third-order valence-corrected chi connectivity index (χ3v) is 4.09. The van der Waals surface area contributed by atoms with Crippen LogP contribution in [0.15, 0.2) is 48.9 Å². The molecule has 28 heavy (non-hydrogen) atoms. The van der Waals surface area contributed by atoms with Gasteiger partial charge in [0.05, 0.1) is 35.9 Å². The van der Waals surface area contributed by atoms with E-state index >= 15 is 0 Å². The van der Waals surface area contributed by atoms with Crippen molar-refractivity contribution in [2.75, 3.05) is 11.4 Å². The number of anilines is 1. The molecule has 1 amide bonds. The Bertz CT molecular complexity index is 1060. The fourth-order valence-corrected chi connectivity index (χ4v) is 2.80. The molecule has 0 fully saturated rings.